The number of carbonyl (C=O) groups is 2. The molecular formula is C29H26Cl3N5O2. The van der Waals surface area contributed by atoms with Crippen molar-refractivity contribution in [2.45, 2.75) is 24.8 Å². The lowest BCUT2D eigenvalue weighted by molar-refractivity contribution is -0.120. The van der Waals surface area contributed by atoms with Crippen molar-refractivity contribution in [3.63, 3.8) is 0 Å². The van der Waals surface area contributed by atoms with E-state index in [4.69, 9.17) is 34.8 Å². The Morgan fingerprint density at radius 3 is 2.59 bits per heavy atom. The first-order chi connectivity index (χ1) is 18.8. The number of aryl methyl sites for hydroxylation is 1. The quantitative estimate of drug-likeness (QED) is 0.194. The molecule has 0 aliphatic carbocycles. The summed E-state index contributed by atoms with van der Waals surface area (Å²) in [5.74, 6) is -0.397. The van der Waals surface area contributed by atoms with Crippen LogP contribution in [0.15, 0.2) is 79.4 Å². The minimum absolute atomic E-state index is 0.167. The molecule has 1 unspecified atom stereocenters. The Kier molecular flexibility index (Phi) is 8.12. The molecule has 3 aromatic carbocycles. The maximum atomic E-state index is 13.6. The fraction of sp³-hybridized carbons (Fsp3) is 0.207. The molecule has 0 bridgehead atoms. The summed E-state index contributed by atoms with van der Waals surface area (Å²) in [6.07, 6.45) is 6.49. The summed E-state index contributed by atoms with van der Waals surface area (Å²) < 4.78 is 1.96. The van der Waals surface area contributed by atoms with Crippen LogP contribution in [0, 0.1) is 0 Å². The smallest absolute Gasteiger partial charge is 0.253 e. The minimum atomic E-state index is -0.981. The molecule has 5 rings (SSSR count). The highest BCUT2D eigenvalue weighted by Crippen LogP contribution is 2.42. The molecule has 39 heavy (non-hydrogen) atoms. The number of nitrogens with one attached hydrogen (secondary N) is 3. The summed E-state index contributed by atoms with van der Waals surface area (Å²) in [6, 6.07) is 17.9. The van der Waals surface area contributed by atoms with Gasteiger partial charge in [-0.1, -0.05) is 53.0 Å². The number of amides is 2. The molecule has 7 nitrogen and oxygen atoms in total. The summed E-state index contributed by atoms with van der Waals surface area (Å²) in [4.78, 5) is 30.7. The first-order valence-corrected chi connectivity index (χ1v) is 13.6. The van der Waals surface area contributed by atoms with Crippen molar-refractivity contribution in [3.8, 4) is 0 Å². The second kappa shape index (κ2) is 11.7. The van der Waals surface area contributed by atoms with E-state index >= 15 is 0 Å². The van der Waals surface area contributed by atoms with E-state index in [0.29, 0.717) is 45.0 Å². The van der Waals surface area contributed by atoms with Crippen LogP contribution in [0.2, 0.25) is 15.1 Å². The Balaban J connectivity index is 1.39. The maximum Gasteiger partial charge on any atom is 0.253 e. The van der Waals surface area contributed by atoms with Gasteiger partial charge in [0.05, 0.1) is 17.3 Å². The molecule has 1 aromatic heterocycles. The second-order valence-corrected chi connectivity index (χ2v) is 10.8. The first-order valence-electron chi connectivity index (χ1n) is 12.5. The van der Waals surface area contributed by atoms with Crippen molar-refractivity contribution in [2.24, 2.45) is 0 Å². The van der Waals surface area contributed by atoms with Gasteiger partial charge in [-0.3, -0.25) is 9.59 Å². The molecule has 0 radical (unpaired) electrons. The van der Waals surface area contributed by atoms with Crippen molar-refractivity contribution < 1.29 is 9.59 Å². The lowest BCUT2D eigenvalue weighted by Gasteiger charge is -2.29. The van der Waals surface area contributed by atoms with Crippen LogP contribution in [0.1, 0.15) is 27.9 Å². The molecular weight excluding hydrogens is 557 g/mol. The number of imidazole rings is 1. The van der Waals surface area contributed by atoms with E-state index in [1.165, 1.54) is 0 Å². The third-order valence-electron chi connectivity index (χ3n) is 6.82. The molecule has 10 heteroatoms. The SMILES string of the molecule is O=C(NCCCn1ccnc1)c1ccc(Cl)cc1NCC1(Cc2cccc(Cl)c2)C(=O)Nc2cc(Cl)ccc21. The van der Waals surface area contributed by atoms with Crippen LogP contribution in [0.4, 0.5) is 11.4 Å². The Bertz CT molecular complexity index is 1510. The third kappa shape index (κ3) is 6.06. The number of benzene rings is 3. The van der Waals surface area contributed by atoms with Crippen LogP contribution in [-0.4, -0.2) is 34.5 Å². The molecule has 0 saturated heterocycles. The average molecular weight is 583 g/mol. The van der Waals surface area contributed by atoms with E-state index in [0.717, 1.165) is 24.1 Å². The predicted molar refractivity (Wildman–Crippen MR) is 156 cm³/mol. The van der Waals surface area contributed by atoms with Crippen LogP contribution < -0.4 is 16.0 Å². The van der Waals surface area contributed by atoms with Crippen LogP contribution in [0.25, 0.3) is 0 Å². The molecule has 1 aliphatic rings. The van der Waals surface area contributed by atoms with Gasteiger partial charge in [0.2, 0.25) is 5.91 Å². The van der Waals surface area contributed by atoms with Gasteiger partial charge in [-0.2, -0.15) is 0 Å². The predicted octanol–water partition coefficient (Wildman–Crippen LogP) is 6.21. The van der Waals surface area contributed by atoms with Gasteiger partial charge in [0.25, 0.3) is 5.91 Å². The first kappa shape index (κ1) is 27.1. The summed E-state index contributed by atoms with van der Waals surface area (Å²) in [7, 11) is 0. The Hall–Kier alpha value is -3.52. The number of aromatic nitrogens is 2. The second-order valence-electron chi connectivity index (χ2n) is 9.49. The zero-order chi connectivity index (χ0) is 27.4. The number of rotatable bonds is 10. The van der Waals surface area contributed by atoms with Crippen LogP contribution in [0.3, 0.4) is 0 Å². The largest absolute Gasteiger partial charge is 0.383 e. The topological polar surface area (TPSA) is 88.1 Å². The van der Waals surface area contributed by atoms with Crippen LogP contribution >= 0.6 is 34.8 Å². The Morgan fingerprint density at radius 2 is 1.79 bits per heavy atom. The Labute approximate surface area is 241 Å². The van der Waals surface area contributed by atoms with Gasteiger partial charge in [-0.15, -0.1) is 0 Å². The molecule has 3 N–H and O–H groups in total. The fourth-order valence-corrected chi connectivity index (χ4v) is 5.45. The number of carbonyl (C=O) groups excluding carboxylic acids is 2. The molecule has 2 heterocycles. The average Bonchev–Trinajstić information content (AvgIpc) is 3.51. The zero-order valence-electron chi connectivity index (χ0n) is 20.9. The van der Waals surface area contributed by atoms with Crippen molar-refractivity contribution in [2.75, 3.05) is 23.7 Å². The molecule has 0 saturated carbocycles. The Morgan fingerprint density at radius 1 is 1.00 bits per heavy atom. The number of halogens is 3. The van der Waals surface area contributed by atoms with E-state index in [2.05, 4.69) is 20.9 Å². The van der Waals surface area contributed by atoms with Gasteiger partial charge in [-0.05, 0) is 66.4 Å². The number of hydrogen-bond acceptors (Lipinski definition) is 4. The zero-order valence-corrected chi connectivity index (χ0v) is 23.2. The van der Waals surface area contributed by atoms with E-state index in [-0.39, 0.29) is 18.4 Å². The van der Waals surface area contributed by atoms with E-state index in [1.54, 1.807) is 48.9 Å². The van der Waals surface area contributed by atoms with E-state index < -0.39 is 5.41 Å². The highest BCUT2D eigenvalue weighted by atomic mass is 35.5. The van der Waals surface area contributed by atoms with E-state index in [1.807, 2.05) is 35.0 Å². The summed E-state index contributed by atoms with van der Waals surface area (Å²) in [5, 5.41) is 10.9. The standard InChI is InChI=1S/C29H26Cl3N5O2/c30-20-4-1-3-19(13-20)16-29(24-8-6-22(32)15-26(24)36-28(29)39)17-35-25-14-21(31)5-7-23(25)27(38)34-9-2-11-37-12-10-33-18-37/h1,3-8,10,12-15,18,35H,2,9,11,16-17H2,(H,34,38)(H,36,39). The van der Waals surface area contributed by atoms with Crippen LogP contribution in [0.5, 0.6) is 0 Å². The van der Waals surface area contributed by atoms with Crippen LogP contribution in [-0.2, 0) is 23.2 Å². The number of fused-ring (bicyclic) bond motifs is 1. The third-order valence-corrected chi connectivity index (χ3v) is 7.52. The molecule has 4 aromatic rings. The molecule has 1 atom stereocenters. The highest BCUT2D eigenvalue weighted by molar-refractivity contribution is 6.31. The number of hydrogen-bond donors (Lipinski definition) is 3. The van der Waals surface area contributed by atoms with Gasteiger partial charge in [-0.25, -0.2) is 4.98 Å². The number of anilines is 2. The van der Waals surface area contributed by atoms with Gasteiger partial charge in [0.15, 0.2) is 0 Å². The summed E-state index contributed by atoms with van der Waals surface area (Å²) >= 11 is 18.8. The van der Waals surface area contributed by atoms with Crippen molar-refractivity contribution in [1.29, 1.82) is 0 Å². The van der Waals surface area contributed by atoms with Crippen molar-refractivity contribution in [1.82, 2.24) is 14.9 Å². The highest BCUT2D eigenvalue weighted by Gasteiger charge is 2.47. The lowest BCUT2D eigenvalue weighted by Crippen LogP contribution is -2.43. The van der Waals surface area contributed by atoms with Gasteiger partial charge >= 0.3 is 0 Å². The molecule has 2 amide bonds. The molecule has 0 fully saturated rings. The van der Waals surface area contributed by atoms with Gasteiger partial charge in [0, 0.05) is 58.5 Å². The maximum absolute atomic E-state index is 13.6. The van der Waals surface area contributed by atoms with Crippen molar-refractivity contribution in [3.05, 3.63) is 111 Å². The fourth-order valence-electron chi connectivity index (χ4n) is 4.89. The van der Waals surface area contributed by atoms with Gasteiger partial charge in [0.1, 0.15) is 0 Å². The molecule has 1 aliphatic heterocycles. The monoisotopic (exact) mass is 581 g/mol. The normalized spacial score (nSPS) is 16.0. The van der Waals surface area contributed by atoms with Gasteiger partial charge < -0.3 is 20.5 Å². The lowest BCUT2D eigenvalue weighted by atomic mass is 9.76. The van der Waals surface area contributed by atoms with E-state index in [9.17, 15) is 9.59 Å². The summed E-state index contributed by atoms with van der Waals surface area (Å²) in [5.41, 5.74) is 2.38. The minimum Gasteiger partial charge on any atom is -0.383 e. The molecule has 200 valence electrons. The molecule has 0 spiro atoms. The van der Waals surface area contributed by atoms with Crippen molar-refractivity contribution >= 4 is 58.0 Å². The number of nitrogens with zero attached hydrogens (tertiary/aromatic N) is 2. The summed E-state index contributed by atoms with van der Waals surface area (Å²) in [6.45, 7) is 1.45.